The molecule has 2 rings (SSSR count). The summed E-state index contributed by atoms with van der Waals surface area (Å²) in [5.74, 6) is 0.129. The van der Waals surface area contributed by atoms with Crippen LogP contribution >= 0.6 is 12.4 Å². The van der Waals surface area contributed by atoms with Crippen LogP contribution < -0.4 is 10.6 Å². The minimum atomic E-state index is -0.279. The Kier molecular flexibility index (Phi) is 6.58. The quantitative estimate of drug-likeness (QED) is 0.800. The fourth-order valence-corrected chi connectivity index (χ4v) is 2.83. The maximum atomic E-state index is 12.5. The molecule has 2 aliphatic heterocycles. The van der Waals surface area contributed by atoms with E-state index in [2.05, 4.69) is 17.6 Å². The van der Waals surface area contributed by atoms with Gasteiger partial charge >= 0.3 is 0 Å². The van der Waals surface area contributed by atoms with Crippen molar-refractivity contribution in [3.8, 4) is 0 Å². The van der Waals surface area contributed by atoms with Gasteiger partial charge in [0.25, 0.3) is 0 Å². The minimum absolute atomic E-state index is 0. The number of amides is 2. The zero-order chi connectivity index (χ0) is 13.0. The molecule has 0 aliphatic carbocycles. The van der Waals surface area contributed by atoms with E-state index in [0.717, 1.165) is 38.9 Å². The zero-order valence-corrected chi connectivity index (χ0v) is 12.3. The Hall–Kier alpha value is -0.810. The monoisotopic (exact) mass is 289 g/mol. The lowest BCUT2D eigenvalue weighted by molar-refractivity contribution is -0.137. The molecule has 0 aromatic carbocycles. The van der Waals surface area contributed by atoms with Crippen molar-refractivity contribution >= 4 is 24.2 Å². The smallest absolute Gasteiger partial charge is 0.245 e. The molecule has 0 spiro atoms. The van der Waals surface area contributed by atoms with Gasteiger partial charge in [0.2, 0.25) is 11.8 Å². The third-order valence-electron chi connectivity index (χ3n) is 3.79. The largest absolute Gasteiger partial charge is 0.344 e. The molecule has 0 aromatic rings. The molecule has 19 heavy (non-hydrogen) atoms. The predicted octanol–water partition coefficient (Wildman–Crippen LogP) is 0.677. The van der Waals surface area contributed by atoms with Crippen LogP contribution in [0.4, 0.5) is 0 Å². The Bertz CT molecular complexity index is 319. The topological polar surface area (TPSA) is 61.4 Å². The van der Waals surface area contributed by atoms with Crippen LogP contribution in [-0.4, -0.2) is 48.4 Å². The number of halogens is 1. The molecular weight excluding hydrogens is 266 g/mol. The van der Waals surface area contributed by atoms with Crippen LogP contribution in [0.1, 0.15) is 39.0 Å². The lowest BCUT2D eigenvalue weighted by atomic mass is 10.0. The lowest BCUT2D eigenvalue weighted by Crippen LogP contribution is -2.52. The van der Waals surface area contributed by atoms with Crippen LogP contribution in [-0.2, 0) is 9.59 Å². The van der Waals surface area contributed by atoms with Crippen LogP contribution in [0.25, 0.3) is 0 Å². The van der Waals surface area contributed by atoms with Crippen LogP contribution in [0.15, 0.2) is 0 Å². The van der Waals surface area contributed by atoms with E-state index in [0.29, 0.717) is 18.9 Å². The first-order valence-corrected chi connectivity index (χ1v) is 7.03. The molecule has 2 saturated heterocycles. The summed E-state index contributed by atoms with van der Waals surface area (Å²) >= 11 is 0. The molecule has 5 nitrogen and oxygen atoms in total. The van der Waals surface area contributed by atoms with Crippen LogP contribution in [0.3, 0.4) is 0 Å². The van der Waals surface area contributed by atoms with Crippen molar-refractivity contribution in [2.45, 2.75) is 51.1 Å². The van der Waals surface area contributed by atoms with Crippen LogP contribution in [0.5, 0.6) is 0 Å². The van der Waals surface area contributed by atoms with Crippen molar-refractivity contribution in [1.82, 2.24) is 15.5 Å². The minimum Gasteiger partial charge on any atom is -0.344 e. The van der Waals surface area contributed by atoms with Gasteiger partial charge in [0.05, 0.1) is 0 Å². The normalized spacial score (nSPS) is 23.6. The average molecular weight is 290 g/mol. The third-order valence-corrected chi connectivity index (χ3v) is 3.79. The summed E-state index contributed by atoms with van der Waals surface area (Å²) in [4.78, 5) is 25.7. The molecule has 1 atom stereocenters. The van der Waals surface area contributed by atoms with E-state index in [1.54, 1.807) is 0 Å². The van der Waals surface area contributed by atoms with E-state index >= 15 is 0 Å². The average Bonchev–Trinajstić information content (AvgIpc) is 2.83. The molecule has 0 bridgehead atoms. The van der Waals surface area contributed by atoms with E-state index < -0.39 is 0 Å². The number of carbonyl (C=O) groups excluding carboxylic acids is 2. The molecule has 110 valence electrons. The molecule has 0 radical (unpaired) electrons. The molecule has 6 heteroatoms. The molecule has 0 aromatic heterocycles. The summed E-state index contributed by atoms with van der Waals surface area (Å²) in [6.07, 6.45) is 4.15. The highest BCUT2D eigenvalue weighted by atomic mass is 35.5. The summed E-state index contributed by atoms with van der Waals surface area (Å²) in [6, 6.07) is 0.0649. The first-order valence-electron chi connectivity index (χ1n) is 7.03. The number of rotatable bonds is 4. The van der Waals surface area contributed by atoms with Crippen molar-refractivity contribution < 1.29 is 9.59 Å². The van der Waals surface area contributed by atoms with Gasteiger partial charge in [-0.2, -0.15) is 0 Å². The Morgan fingerprint density at radius 2 is 2.00 bits per heavy atom. The van der Waals surface area contributed by atoms with Crippen molar-refractivity contribution in [3.05, 3.63) is 0 Å². The number of hydrogen-bond acceptors (Lipinski definition) is 3. The van der Waals surface area contributed by atoms with Crippen molar-refractivity contribution in [2.24, 2.45) is 0 Å². The van der Waals surface area contributed by atoms with Crippen LogP contribution in [0, 0.1) is 0 Å². The number of hydrogen-bond donors (Lipinski definition) is 2. The lowest BCUT2D eigenvalue weighted by Gasteiger charge is -2.36. The molecule has 2 fully saturated rings. The SMILES string of the molecule is CCCN(C(=O)[C@H]1CCC(=O)N1)C1CCNCC1.Cl. The van der Waals surface area contributed by atoms with E-state index in [-0.39, 0.29) is 30.3 Å². The Morgan fingerprint density at radius 1 is 1.32 bits per heavy atom. The molecule has 0 unspecified atom stereocenters. The Morgan fingerprint density at radius 3 is 2.53 bits per heavy atom. The van der Waals surface area contributed by atoms with Gasteiger partial charge < -0.3 is 15.5 Å². The molecule has 0 saturated carbocycles. The second-order valence-electron chi connectivity index (χ2n) is 5.17. The third kappa shape index (κ3) is 4.08. The van der Waals surface area contributed by atoms with Gasteiger partial charge in [-0.3, -0.25) is 9.59 Å². The summed E-state index contributed by atoms with van der Waals surface area (Å²) < 4.78 is 0. The zero-order valence-electron chi connectivity index (χ0n) is 11.5. The fraction of sp³-hybridized carbons (Fsp3) is 0.846. The summed E-state index contributed by atoms with van der Waals surface area (Å²) in [5, 5.41) is 6.11. The summed E-state index contributed by atoms with van der Waals surface area (Å²) in [7, 11) is 0. The highest BCUT2D eigenvalue weighted by Crippen LogP contribution is 2.17. The number of carbonyl (C=O) groups is 2. The maximum Gasteiger partial charge on any atom is 0.245 e. The van der Waals surface area contributed by atoms with E-state index in [4.69, 9.17) is 0 Å². The van der Waals surface area contributed by atoms with Gasteiger partial charge in [0.1, 0.15) is 6.04 Å². The van der Waals surface area contributed by atoms with Crippen LogP contribution in [0.2, 0.25) is 0 Å². The Labute approximate surface area is 120 Å². The molecule has 2 N–H and O–H groups in total. The highest BCUT2D eigenvalue weighted by molar-refractivity contribution is 5.91. The number of nitrogens with one attached hydrogen (secondary N) is 2. The molecular formula is C13H24ClN3O2. The van der Waals surface area contributed by atoms with Gasteiger partial charge in [-0.05, 0) is 38.8 Å². The van der Waals surface area contributed by atoms with Gasteiger partial charge in [0, 0.05) is 19.0 Å². The van der Waals surface area contributed by atoms with E-state index in [9.17, 15) is 9.59 Å². The second kappa shape index (κ2) is 7.70. The molecule has 2 aliphatic rings. The highest BCUT2D eigenvalue weighted by Gasteiger charge is 2.33. The molecule has 2 amide bonds. The van der Waals surface area contributed by atoms with Gasteiger partial charge in [-0.1, -0.05) is 6.92 Å². The maximum absolute atomic E-state index is 12.5. The van der Waals surface area contributed by atoms with E-state index in [1.807, 2.05) is 4.90 Å². The van der Waals surface area contributed by atoms with E-state index in [1.165, 1.54) is 0 Å². The summed E-state index contributed by atoms with van der Waals surface area (Å²) in [5.41, 5.74) is 0. The van der Waals surface area contributed by atoms with Gasteiger partial charge in [-0.25, -0.2) is 0 Å². The number of nitrogens with zero attached hydrogens (tertiary/aromatic N) is 1. The number of piperidine rings is 1. The molecule has 2 heterocycles. The van der Waals surface area contributed by atoms with Gasteiger partial charge in [-0.15, -0.1) is 12.4 Å². The fourth-order valence-electron chi connectivity index (χ4n) is 2.83. The standard InChI is InChI=1S/C13H23N3O2.ClH/c1-2-9-16(10-5-7-14-8-6-10)13(18)11-3-4-12(17)15-11;/h10-11,14H,2-9H2,1H3,(H,15,17);1H/t11-;/m1./s1. The second-order valence-corrected chi connectivity index (χ2v) is 5.17. The van der Waals surface area contributed by atoms with Crippen molar-refractivity contribution in [1.29, 1.82) is 0 Å². The van der Waals surface area contributed by atoms with Crippen molar-refractivity contribution in [3.63, 3.8) is 0 Å². The Balaban J connectivity index is 0.00000180. The first kappa shape index (κ1) is 16.2. The van der Waals surface area contributed by atoms with Gasteiger partial charge in [0.15, 0.2) is 0 Å². The first-order chi connectivity index (χ1) is 8.72. The van der Waals surface area contributed by atoms with Crippen molar-refractivity contribution in [2.75, 3.05) is 19.6 Å². The summed E-state index contributed by atoms with van der Waals surface area (Å²) in [6.45, 7) is 4.86. The predicted molar refractivity (Wildman–Crippen MR) is 76.3 cm³/mol.